The molecule has 2 aromatic rings. The molecule has 0 bridgehead atoms. The number of aromatic amines is 1. The molecule has 7 nitrogen and oxygen atoms in total. The average Bonchev–Trinajstić information content (AvgIpc) is 3.23. The number of carbonyl (C=O) groups excluding carboxylic acids is 2. The Balaban J connectivity index is 1.72. The highest BCUT2D eigenvalue weighted by atomic mass is 16.4. The smallest absolute Gasteiger partial charge is 0.289 e. The van der Waals surface area contributed by atoms with Gasteiger partial charge in [-0.1, -0.05) is 6.92 Å². The molecule has 1 saturated heterocycles. The minimum atomic E-state index is -0.557. The molecule has 0 radical (unpaired) electrons. The minimum Gasteiger partial charge on any atom is -0.456 e. The molecule has 0 unspecified atom stereocenters. The largest absolute Gasteiger partial charge is 0.456 e. The maximum absolute atomic E-state index is 12.6. The summed E-state index contributed by atoms with van der Waals surface area (Å²) >= 11 is 0. The van der Waals surface area contributed by atoms with Gasteiger partial charge in [-0.25, -0.2) is 0 Å². The third-order valence-corrected chi connectivity index (χ3v) is 4.22. The van der Waals surface area contributed by atoms with E-state index in [0.29, 0.717) is 18.8 Å². The number of aromatic nitrogens is 2. The second kappa shape index (κ2) is 6.28. The van der Waals surface area contributed by atoms with Crippen molar-refractivity contribution in [2.24, 2.45) is 5.73 Å². The van der Waals surface area contributed by atoms with Crippen LogP contribution < -0.4 is 5.73 Å². The first-order valence-electron chi connectivity index (χ1n) is 7.81. The number of hydrogen-bond donors (Lipinski definition) is 2. The van der Waals surface area contributed by atoms with Crippen LogP contribution in [0.15, 0.2) is 22.6 Å². The number of nitrogens with zero attached hydrogens (tertiary/aromatic N) is 2. The predicted molar refractivity (Wildman–Crippen MR) is 83.1 cm³/mol. The summed E-state index contributed by atoms with van der Waals surface area (Å²) in [6.45, 7) is 3.26. The molecule has 0 saturated carbocycles. The Labute approximate surface area is 133 Å². The van der Waals surface area contributed by atoms with Crippen molar-refractivity contribution >= 4 is 11.8 Å². The van der Waals surface area contributed by atoms with Crippen LogP contribution in [0.25, 0.3) is 0 Å². The lowest BCUT2D eigenvalue weighted by Gasteiger charge is -2.31. The summed E-state index contributed by atoms with van der Waals surface area (Å²) in [4.78, 5) is 25.5. The van der Waals surface area contributed by atoms with E-state index in [4.69, 9.17) is 10.2 Å². The van der Waals surface area contributed by atoms with Gasteiger partial charge in [-0.2, -0.15) is 5.10 Å². The van der Waals surface area contributed by atoms with Crippen LogP contribution in [0.2, 0.25) is 0 Å². The van der Waals surface area contributed by atoms with Crippen LogP contribution in [0.3, 0.4) is 0 Å². The number of piperidine rings is 1. The summed E-state index contributed by atoms with van der Waals surface area (Å²) in [5.74, 6) is 0.656. The highest BCUT2D eigenvalue weighted by molar-refractivity contribution is 5.92. The molecule has 2 aromatic heterocycles. The Hall–Kier alpha value is -2.57. The van der Waals surface area contributed by atoms with Gasteiger partial charge in [0.15, 0.2) is 5.76 Å². The lowest BCUT2D eigenvalue weighted by atomic mass is 9.94. The van der Waals surface area contributed by atoms with Crippen molar-refractivity contribution in [3.05, 3.63) is 41.1 Å². The first-order chi connectivity index (χ1) is 11.1. The third kappa shape index (κ3) is 3.13. The van der Waals surface area contributed by atoms with Crippen LogP contribution in [0, 0.1) is 0 Å². The molecule has 1 aliphatic heterocycles. The monoisotopic (exact) mass is 316 g/mol. The molecule has 3 rings (SSSR count). The van der Waals surface area contributed by atoms with Crippen LogP contribution >= 0.6 is 0 Å². The van der Waals surface area contributed by atoms with Crippen molar-refractivity contribution in [1.29, 1.82) is 0 Å². The lowest BCUT2D eigenvalue weighted by Crippen LogP contribution is -2.39. The molecule has 3 heterocycles. The summed E-state index contributed by atoms with van der Waals surface area (Å²) in [5.41, 5.74) is 6.29. The number of primary amides is 1. The van der Waals surface area contributed by atoms with Crippen LogP contribution in [-0.4, -0.2) is 40.0 Å². The molecule has 1 fully saturated rings. The molecular formula is C16H20N4O3. The topological polar surface area (TPSA) is 105 Å². The highest BCUT2D eigenvalue weighted by Crippen LogP contribution is 2.27. The van der Waals surface area contributed by atoms with Gasteiger partial charge >= 0.3 is 0 Å². The van der Waals surface area contributed by atoms with Crippen molar-refractivity contribution in [1.82, 2.24) is 15.1 Å². The summed E-state index contributed by atoms with van der Waals surface area (Å²) in [6.07, 6.45) is 2.59. The second-order valence-electron chi connectivity index (χ2n) is 5.78. The van der Waals surface area contributed by atoms with Crippen LogP contribution in [0.5, 0.6) is 0 Å². The Morgan fingerprint density at radius 2 is 2.30 bits per heavy atom. The minimum absolute atomic E-state index is 0.0935. The van der Waals surface area contributed by atoms with Crippen LogP contribution in [0.1, 0.15) is 58.2 Å². The molecule has 122 valence electrons. The van der Waals surface area contributed by atoms with Crippen LogP contribution in [0.4, 0.5) is 0 Å². The maximum atomic E-state index is 12.6. The fraction of sp³-hybridized carbons (Fsp3) is 0.438. The molecule has 0 spiro atoms. The average molecular weight is 316 g/mol. The Bertz CT molecular complexity index is 718. The first kappa shape index (κ1) is 15.3. The van der Waals surface area contributed by atoms with Crippen molar-refractivity contribution in [3.8, 4) is 0 Å². The summed E-state index contributed by atoms with van der Waals surface area (Å²) in [7, 11) is 0. The van der Waals surface area contributed by atoms with Crippen LogP contribution in [-0.2, 0) is 6.42 Å². The fourth-order valence-corrected chi connectivity index (χ4v) is 2.93. The van der Waals surface area contributed by atoms with E-state index in [1.165, 1.54) is 0 Å². The number of rotatable bonds is 4. The number of H-pyrrole nitrogens is 1. The van der Waals surface area contributed by atoms with E-state index >= 15 is 0 Å². The number of likely N-dealkylation sites (tertiary alicyclic amines) is 1. The highest BCUT2D eigenvalue weighted by Gasteiger charge is 2.28. The molecule has 1 aliphatic rings. The normalized spacial score (nSPS) is 18.1. The van der Waals surface area contributed by atoms with E-state index < -0.39 is 5.91 Å². The van der Waals surface area contributed by atoms with E-state index in [1.807, 2.05) is 13.0 Å². The third-order valence-electron chi connectivity index (χ3n) is 4.22. The number of nitrogens with one attached hydrogen (secondary N) is 1. The number of furan rings is 1. The zero-order chi connectivity index (χ0) is 16.4. The first-order valence-corrected chi connectivity index (χ1v) is 7.81. The van der Waals surface area contributed by atoms with E-state index in [1.54, 1.807) is 17.0 Å². The number of hydrogen-bond acceptors (Lipinski definition) is 4. The number of nitrogens with two attached hydrogens (primary N) is 1. The van der Waals surface area contributed by atoms with Gasteiger partial charge in [0.1, 0.15) is 11.5 Å². The number of carbonyl (C=O) groups is 2. The number of amides is 2. The van der Waals surface area contributed by atoms with Crippen molar-refractivity contribution in [3.63, 3.8) is 0 Å². The standard InChI is InChI=1S/C16H20N4O3/c1-2-11-5-6-14(23-11)16(22)20-7-3-4-10(9-20)12-8-13(15(17)21)19-18-12/h5-6,8,10H,2-4,7,9H2,1H3,(H2,17,21)(H,18,19)/t10-/m0/s1. The van der Waals surface area contributed by atoms with Gasteiger partial charge in [0.05, 0.1) is 0 Å². The Morgan fingerprint density at radius 1 is 1.48 bits per heavy atom. The van der Waals surface area contributed by atoms with E-state index in [9.17, 15) is 9.59 Å². The quantitative estimate of drug-likeness (QED) is 0.895. The molecule has 0 aromatic carbocycles. The molecule has 7 heteroatoms. The van der Waals surface area contributed by atoms with Gasteiger partial charge in [-0.15, -0.1) is 0 Å². The van der Waals surface area contributed by atoms with E-state index in [2.05, 4.69) is 10.2 Å². The molecule has 1 atom stereocenters. The molecule has 0 aliphatic carbocycles. The van der Waals surface area contributed by atoms with E-state index in [-0.39, 0.29) is 17.5 Å². The second-order valence-corrected chi connectivity index (χ2v) is 5.78. The van der Waals surface area contributed by atoms with Crippen molar-refractivity contribution in [2.75, 3.05) is 13.1 Å². The fourth-order valence-electron chi connectivity index (χ4n) is 2.93. The lowest BCUT2D eigenvalue weighted by molar-refractivity contribution is 0.0671. The van der Waals surface area contributed by atoms with Crippen molar-refractivity contribution in [2.45, 2.75) is 32.1 Å². The summed E-state index contributed by atoms with van der Waals surface area (Å²) in [5, 5.41) is 6.77. The van der Waals surface area contributed by atoms with Gasteiger partial charge in [-0.05, 0) is 31.0 Å². The molecule has 2 amide bonds. The summed E-state index contributed by atoms with van der Waals surface area (Å²) in [6, 6.07) is 5.23. The maximum Gasteiger partial charge on any atom is 0.289 e. The van der Waals surface area contributed by atoms with Gasteiger partial charge in [-0.3, -0.25) is 14.7 Å². The number of aryl methyl sites for hydroxylation is 1. The zero-order valence-corrected chi connectivity index (χ0v) is 13.0. The van der Waals surface area contributed by atoms with Gasteiger partial charge in [0.2, 0.25) is 0 Å². The Morgan fingerprint density at radius 3 is 2.96 bits per heavy atom. The Kier molecular flexibility index (Phi) is 4.18. The zero-order valence-electron chi connectivity index (χ0n) is 13.0. The molecular weight excluding hydrogens is 296 g/mol. The predicted octanol–water partition coefficient (Wildman–Crippen LogP) is 1.68. The molecule has 23 heavy (non-hydrogen) atoms. The van der Waals surface area contributed by atoms with Crippen molar-refractivity contribution < 1.29 is 14.0 Å². The van der Waals surface area contributed by atoms with E-state index in [0.717, 1.165) is 30.7 Å². The van der Waals surface area contributed by atoms with Gasteiger partial charge in [0.25, 0.3) is 11.8 Å². The SMILES string of the molecule is CCc1ccc(C(=O)N2CCC[C@H](c3cc(C(N)=O)n[nH]3)C2)o1. The van der Waals surface area contributed by atoms with Gasteiger partial charge < -0.3 is 15.1 Å². The molecule has 3 N–H and O–H groups in total. The van der Waals surface area contributed by atoms with Gasteiger partial charge in [0, 0.05) is 31.1 Å². The summed E-state index contributed by atoms with van der Waals surface area (Å²) < 4.78 is 5.55.